The van der Waals surface area contributed by atoms with Gasteiger partial charge in [-0.05, 0) is 36.3 Å². The summed E-state index contributed by atoms with van der Waals surface area (Å²) in [5.41, 5.74) is -0.198. The van der Waals surface area contributed by atoms with Crippen molar-refractivity contribution in [3.05, 3.63) is 53.6 Å². The van der Waals surface area contributed by atoms with Gasteiger partial charge in [-0.15, -0.1) is 0 Å². The summed E-state index contributed by atoms with van der Waals surface area (Å²) in [7, 11) is 0. The van der Waals surface area contributed by atoms with Gasteiger partial charge in [-0.2, -0.15) is 13.2 Å². The van der Waals surface area contributed by atoms with Crippen LogP contribution >= 0.6 is 0 Å². The van der Waals surface area contributed by atoms with Crippen molar-refractivity contribution in [1.82, 2.24) is 0 Å². The smallest absolute Gasteiger partial charge is 0.392 e. The fourth-order valence-electron chi connectivity index (χ4n) is 1.44. The van der Waals surface area contributed by atoms with E-state index in [0.717, 1.165) is 18.6 Å². The number of unbranched alkanes of at least 4 members (excludes halogenated alkanes) is 1. The predicted molar refractivity (Wildman–Crippen MR) is 73.7 cm³/mol. The van der Waals surface area contributed by atoms with Gasteiger partial charge in [0.05, 0.1) is 12.2 Å². The first-order valence-corrected chi connectivity index (χ1v) is 6.12. The van der Waals surface area contributed by atoms with Crippen LogP contribution in [0.3, 0.4) is 0 Å². The Morgan fingerprint density at radius 2 is 2.00 bits per heavy atom. The zero-order valence-corrected chi connectivity index (χ0v) is 10.8. The summed E-state index contributed by atoms with van der Waals surface area (Å²) in [5, 5.41) is 8.50. The second-order valence-electron chi connectivity index (χ2n) is 3.97. The molecule has 0 radical (unpaired) electrons. The van der Waals surface area contributed by atoms with Crippen LogP contribution in [0.15, 0.2) is 42.5 Å². The van der Waals surface area contributed by atoms with E-state index in [1.807, 2.05) is 6.08 Å². The van der Waals surface area contributed by atoms with Gasteiger partial charge in [0.1, 0.15) is 0 Å². The summed E-state index contributed by atoms with van der Waals surface area (Å²) >= 11 is 0. The average Bonchev–Trinajstić information content (AvgIpc) is 2.41. The highest BCUT2D eigenvalue weighted by atomic mass is 19.4. The number of aliphatic hydroxyl groups is 1. The minimum absolute atomic E-state index is 0.0167. The van der Waals surface area contributed by atoms with E-state index in [9.17, 15) is 13.2 Å². The van der Waals surface area contributed by atoms with E-state index in [1.54, 1.807) is 18.2 Å². The fourth-order valence-corrected chi connectivity index (χ4v) is 1.44. The van der Waals surface area contributed by atoms with Gasteiger partial charge in [0.25, 0.3) is 0 Å². The van der Waals surface area contributed by atoms with Gasteiger partial charge in [-0.25, -0.2) is 0 Å². The summed E-state index contributed by atoms with van der Waals surface area (Å²) in [6.45, 7) is 0.0167. The quantitative estimate of drug-likeness (QED) is 0.501. The third kappa shape index (κ3) is 6.26. The fraction of sp³-hybridized carbons (Fsp3) is 0.250. The number of halogens is 3. The highest BCUT2D eigenvalue weighted by Gasteiger charge is 2.30. The van der Waals surface area contributed by atoms with Gasteiger partial charge in [0.2, 0.25) is 0 Å². The second kappa shape index (κ2) is 8.23. The predicted octanol–water partition coefficient (Wildman–Crippen LogP) is 4.05. The Kier molecular flexibility index (Phi) is 6.61. The molecule has 0 aliphatic carbocycles. The van der Waals surface area contributed by atoms with Crippen LogP contribution in [0.2, 0.25) is 0 Å². The number of hydrogen-bond donors (Lipinski definition) is 1. The lowest BCUT2D eigenvalue weighted by molar-refractivity contribution is -0.137. The molecule has 0 unspecified atom stereocenters. The van der Waals surface area contributed by atoms with Crippen molar-refractivity contribution in [3.8, 4) is 11.8 Å². The molecule has 0 aromatic heterocycles. The Labute approximate surface area is 116 Å². The minimum atomic E-state index is -4.32. The summed E-state index contributed by atoms with van der Waals surface area (Å²) in [6, 6.07) is 5.09. The van der Waals surface area contributed by atoms with Crippen molar-refractivity contribution in [1.29, 1.82) is 0 Å². The monoisotopic (exact) mass is 280 g/mol. The molecule has 20 heavy (non-hydrogen) atoms. The molecule has 0 bridgehead atoms. The van der Waals surface area contributed by atoms with E-state index in [2.05, 4.69) is 11.8 Å². The van der Waals surface area contributed by atoms with Gasteiger partial charge in [-0.1, -0.05) is 36.1 Å². The minimum Gasteiger partial charge on any atom is -0.392 e. The lowest BCUT2D eigenvalue weighted by Crippen LogP contribution is -2.04. The molecule has 0 saturated heterocycles. The van der Waals surface area contributed by atoms with E-state index in [-0.39, 0.29) is 6.61 Å². The van der Waals surface area contributed by atoms with Crippen molar-refractivity contribution < 1.29 is 18.3 Å². The van der Waals surface area contributed by atoms with Gasteiger partial charge in [0.15, 0.2) is 0 Å². The Hall–Kier alpha value is -1.99. The van der Waals surface area contributed by atoms with Gasteiger partial charge in [0, 0.05) is 6.42 Å². The maximum atomic E-state index is 12.5. The van der Waals surface area contributed by atoms with Crippen molar-refractivity contribution >= 4 is 6.08 Å². The van der Waals surface area contributed by atoms with Crippen molar-refractivity contribution in [2.24, 2.45) is 0 Å². The molecule has 106 valence electrons. The summed E-state index contributed by atoms with van der Waals surface area (Å²) in [6.07, 6.45) is 3.60. The van der Waals surface area contributed by atoms with Gasteiger partial charge >= 0.3 is 6.18 Å². The number of alkyl halides is 3. The van der Waals surface area contributed by atoms with E-state index in [0.29, 0.717) is 12.0 Å². The van der Waals surface area contributed by atoms with Crippen LogP contribution in [-0.2, 0) is 6.18 Å². The number of hydrogen-bond acceptors (Lipinski definition) is 1. The normalized spacial score (nSPS) is 11.8. The van der Waals surface area contributed by atoms with Crippen LogP contribution < -0.4 is 0 Å². The molecule has 0 spiro atoms. The Bertz CT molecular complexity index is 531. The molecule has 1 aromatic carbocycles. The van der Waals surface area contributed by atoms with Crippen LogP contribution in [0, 0.1) is 11.8 Å². The van der Waals surface area contributed by atoms with E-state index in [1.165, 1.54) is 12.1 Å². The Morgan fingerprint density at radius 3 is 2.70 bits per heavy atom. The highest BCUT2D eigenvalue weighted by Crippen LogP contribution is 2.29. The van der Waals surface area contributed by atoms with Crippen LogP contribution in [0.1, 0.15) is 24.0 Å². The van der Waals surface area contributed by atoms with Crippen LogP contribution in [0.5, 0.6) is 0 Å². The largest absolute Gasteiger partial charge is 0.416 e. The Morgan fingerprint density at radius 1 is 1.20 bits per heavy atom. The number of aliphatic hydroxyl groups excluding tert-OH is 1. The van der Waals surface area contributed by atoms with Crippen LogP contribution in [0.4, 0.5) is 13.2 Å². The first-order chi connectivity index (χ1) is 9.54. The molecule has 0 saturated carbocycles. The van der Waals surface area contributed by atoms with Crippen molar-refractivity contribution in [2.45, 2.75) is 19.0 Å². The number of rotatable bonds is 4. The van der Waals surface area contributed by atoms with Crippen molar-refractivity contribution in [3.63, 3.8) is 0 Å². The summed E-state index contributed by atoms with van der Waals surface area (Å²) in [4.78, 5) is 0. The SMILES string of the molecule is OCC=CCCC#CC=Cc1cccc(C(F)(F)F)c1. The molecule has 1 rings (SSSR count). The first kappa shape index (κ1) is 16.1. The lowest BCUT2D eigenvalue weighted by atomic mass is 10.1. The van der Waals surface area contributed by atoms with Crippen LogP contribution in [0.25, 0.3) is 6.08 Å². The maximum Gasteiger partial charge on any atom is 0.416 e. The van der Waals surface area contributed by atoms with E-state index < -0.39 is 11.7 Å². The molecule has 0 fully saturated rings. The molecule has 1 N–H and O–H groups in total. The lowest BCUT2D eigenvalue weighted by Gasteiger charge is -2.06. The van der Waals surface area contributed by atoms with E-state index in [4.69, 9.17) is 5.11 Å². The zero-order valence-electron chi connectivity index (χ0n) is 10.8. The molecule has 0 heterocycles. The summed E-state index contributed by atoms with van der Waals surface area (Å²) in [5.74, 6) is 5.63. The zero-order chi connectivity index (χ0) is 14.8. The Balaban J connectivity index is 2.55. The van der Waals surface area contributed by atoms with Crippen molar-refractivity contribution in [2.75, 3.05) is 6.61 Å². The molecular weight excluding hydrogens is 265 g/mol. The molecule has 0 amide bonds. The standard InChI is InChI=1S/C16H15F3O/c17-16(18,19)15-11-8-10-14(13-15)9-6-4-2-1-3-5-7-12-20/h5-11,13,20H,1,3,12H2. The average molecular weight is 280 g/mol. The molecule has 1 aromatic rings. The van der Waals surface area contributed by atoms with Crippen LogP contribution in [-0.4, -0.2) is 11.7 Å². The number of allylic oxidation sites excluding steroid dienone is 2. The molecule has 0 aliphatic heterocycles. The first-order valence-electron chi connectivity index (χ1n) is 6.12. The molecule has 1 nitrogen and oxygen atoms in total. The second-order valence-corrected chi connectivity index (χ2v) is 3.97. The number of benzene rings is 1. The van der Waals surface area contributed by atoms with Gasteiger partial charge < -0.3 is 5.11 Å². The molecule has 0 atom stereocenters. The maximum absolute atomic E-state index is 12.5. The molecular formula is C16H15F3O. The third-order valence-electron chi connectivity index (χ3n) is 2.38. The van der Waals surface area contributed by atoms with Gasteiger partial charge in [-0.3, -0.25) is 0 Å². The topological polar surface area (TPSA) is 20.2 Å². The molecule has 0 aliphatic rings. The summed E-state index contributed by atoms with van der Waals surface area (Å²) < 4.78 is 37.4. The third-order valence-corrected chi connectivity index (χ3v) is 2.38. The van der Waals surface area contributed by atoms with E-state index >= 15 is 0 Å². The molecule has 4 heteroatoms. The highest BCUT2D eigenvalue weighted by molar-refractivity contribution is 5.53.